The highest BCUT2D eigenvalue weighted by molar-refractivity contribution is 5.87. The Bertz CT molecular complexity index is 315. The average molecular weight is 256 g/mol. The minimum Gasteiger partial charge on any atom is -0.479 e. The van der Waals surface area contributed by atoms with Crippen molar-refractivity contribution in [3.8, 4) is 0 Å². The van der Waals surface area contributed by atoms with E-state index < -0.39 is 11.5 Å². The Kier molecular flexibility index (Phi) is 4.99. The van der Waals surface area contributed by atoms with Gasteiger partial charge in [0.25, 0.3) is 0 Å². The largest absolute Gasteiger partial charge is 0.479 e. The van der Waals surface area contributed by atoms with Gasteiger partial charge in [-0.05, 0) is 33.1 Å². The van der Waals surface area contributed by atoms with E-state index in [1.54, 1.807) is 9.80 Å². The topological polar surface area (TPSA) is 60.9 Å². The second kappa shape index (κ2) is 6.07. The van der Waals surface area contributed by atoms with Crippen molar-refractivity contribution in [1.82, 2.24) is 9.80 Å². The van der Waals surface area contributed by atoms with Crippen molar-refractivity contribution in [2.75, 3.05) is 19.6 Å². The van der Waals surface area contributed by atoms with E-state index >= 15 is 0 Å². The maximum Gasteiger partial charge on any atom is 0.329 e. The lowest BCUT2D eigenvalue weighted by Crippen LogP contribution is -2.56. The number of urea groups is 1. The Morgan fingerprint density at radius 3 is 2.33 bits per heavy atom. The predicted octanol–water partition coefficient (Wildman–Crippen LogP) is 2.17. The number of amides is 2. The summed E-state index contributed by atoms with van der Waals surface area (Å²) in [6.45, 7) is 7.59. The van der Waals surface area contributed by atoms with Gasteiger partial charge in [-0.1, -0.05) is 13.3 Å². The number of carbonyl (C=O) groups is 2. The number of nitrogens with zero attached hydrogens (tertiary/aromatic N) is 2. The third-order valence-corrected chi connectivity index (χ3v) is 3.82. The number of likely N-dealkylation sites (tertiary alicyclic amines) is 1. The fourth-order valence-corrected chi connectivity index (χ4v) is 2.83. The summed E-state index contributed by atoms with van der Waals surface area (Å²) < 4.78 is 0. The van der Waals surface area contributed by atoms with Gasteiger partial charge >= 0.3 is 12.0 Å². The molecular weight excluding hydrogens is 232 g/mol. The van der Waals surface area contributed by atoms with Crippen molar-refractivity contribution in [2.24, 2.45) is 0 Å². The molecule has 5 heteroatoms. The fraction of sp³-hybridized carbons (Fsp3) is 0.846. The van der Waals surface area contributed by atoms with Crippen LogP contribution in [-0.2, 0) is 4.79 Å². The summed E-state index contributed by atoms with van der Waals surface area (Å²) in [7, 11) is 0. The van der Waals surface area contributed by atoms with Crippen molar-refractivity contribution in [3.63, 3.8) is 0 Å². The molecule has 5 nitrogen and oxygen atoms in total. The first kappa shape index (κ1) is 14.8. The van der Waals surface area contributed by atoms with Crippen LogP contribution in [0.1, 0.15) is 46.5 Å². The summed E-state index contributed by atoms with van der Waals surface area (Å²) in [6, 6.07) is -0.131. The Labute approximate surface area is 109 Å². The highest BCUT2D eigenvalue weighted by Gasteiger charge is 2.49. The minimum atomic E-state index is -0.978. The van der Waals surface area contributed by atoms with E-state index in [0.29, 0.717) is 32.5 Å². The first-order valence-corrected chi connectivity index (χ1v) is 6.83. The molecule has 1 fully saturated rings. The number of rotatable bonds is 5. The third kappa shape index (κ3) is 2.44. The highest BCUT2D eigenvalue weighted by Crippen LogP contribution is 2.34. The summed E-state index contributed by atoms with van der Waals surface area (Å²) in [5.74, 6) is -0.859. The van der Waals surface area contributed by atoms with Crippen LogP contribution in [-0.4, -0.2) is 52.1 Å². The normalized spacial score (nSPS) is 23.2. The summed E-state index contributed by atoms with van der Waals surface area (Å²) in [5, 5.41) is 9.53. The molecule has 0 bridgehead atoms. The maximum atomic E-state index is 12.4. The third-order valence-electron chi connectivity index (χ3n) is 3.82. The summed E-state index contributed by atoms with van der Waals surface area (Å²) in [6.07, 6.45) is 2.66. The molecule has 1 saturated heterocycles. The van der Waals surface area contributed by atoms with Gasteiger partial charge in [-0.25, -0.2) is 9.59 Å². The molecule has 0 saturated carbocycles. The molecule has 18 heavy (non-hydrogen) atoms. The van der Waals surface area contributed by atoms with Crippen molar-refractivity contribution in [1.29, 1.82) is 0 Å². The van der Waals surface area contributed by atoms with Crippen LogP contribution in [0, 0.1) is 0 Å². The van der Waals surface area contributed by atoms with Gasteiger partial charge in [0.05, 0.1) is 0 Å². The van der Waals surface area contributed by atoms with Gasteiger partial charge in [-0.15, -0.1) is 0 Å². The van der Waals surface area contributed by atoms with E-state index in [-0.39, 0.29) is 6.03 Å². The van der Waals surface area contributed by atoms with Crippen molar-refractivity contribution in [3.05, 3.63) is 0 Å². The lowest BCUT2D eigenvalue weighted by atomic mass is 9.91. The monoisotopic (exact) mass is 256 g/mol. The Morgan fingerprint density at radius 2 is 1.89 bits per heavy atom. The number of aliphatic carboxylic acids is 1. The van der Waals surface area contributed by atoms with Gasteiger partial charge in [0, 0.05) is 19.6 Å². The van der Waals surface area contributed by atoms with Crippen LogP contribution in [0.15, 0.2) is 0 Å². The zero-order valence-electron chi connectivity index (χ0n) is 11.6. The van der Waals surface area contributed by atoms with Crippen LogP contribution in [0.3, 0.4) is 0 Å². The summed E-state index contributed by atoms with van der Waals surface area (Å²) in [4.78, 5) is 27.3. The highest BCUT2D eigenvalue weighted by atomic mass is 16.4. The fourth-order valence-electron chi connectivity index (χ4n) is 2.83. The van der Waals surface area contributed by atoms with Gasteiger partial charge in [-0.3, -0.25) is 0 Å². The number of carboxylic acid groups (broad SMARTS) is 1. The molecule has 104 valence electrons. The van der Waals surface area contributed by atoms with Crippen LogP contribution in [0.5, 0.6) is 0 Å². The van der Waals surface area contributed by atoms with Gasteiger partial charge in [0.15, 0.2) is 0 Å². The predicted molar refractivity (Wildman–Crippen MR) is 69.5 cm³/mol. The SMILES string of the molecule is CCCC1(C(=O)O)CCCN1C(=O)N(CC)CC. The van der Waals surface area contributed by atoms with Gasteiger partial charge in [0.1, 0.15) is 5.54 Å². The van der Waals surface area contributed by atoms with Crippen molar-refractivity contribution >= 4 is 12.0 Å². The minimum absolute atomic E-state index is 0.131. The van der Waals surface area contributed by atoms with Crippen LogP contribution >= 0.6 is 0 Å². The molecule has 0 aromatic heterocycles. The summed E-state index contributed by atoms with van der Waals surface area (Å²) in [5.41, 5.74) is -0.978. The molecule has 0 aromatic rings. The Hall–Kier alpha value is -1.26. The molecule has 2 amide bonds. The quantitative estimate of drug-likeness (QED) is 0.820. The molecule has 0 aliphatic carbocycles. The molecule has 1 N–H and O–H groups in total. The standard InChI is InChI=1S/C13H24N2O3/c1-4-8-13(11(16)17)9-7-10-15(13)12(18)14(5-2)6-3/h4-10H2,1-3H3,(H,16,17). The molecular formula is C13H24N2O3. The van der Waals surface area contributed by atoms with E-state index in [0.717, 1.165) is 12.8 Å². The molecule has 1 rings (SSSR count). The molecule has 0 spiro atoms. The van der Waals surface area contributed by atoms with Gasteiger partial charge < -0.3 is 14.9 Å². The number of carbonyl (C=O) groups excluding carboxylic acids is 1. The van der Waals surface area contributed by atoms with Crippen LogP contribution in [0.2, 0.25) is 0 Å². The lowest BCUT2D eigenvalue weighted by molar-refractivity contribution is -0.148. The Balaban J connectivity index is 2.98. The molecule has 0 radical (unpaired) electrons. The first-order valence-electron chi connectivity index (χ1n) is 6.83. The van der Waals surface area contributed by atoms with E-state index in [9.17, 15) is 14.7 Å². The zero-order valence-corrected chi connectivity index (χ0v) is 11.6. The molecule has 1 aliphatic rings. The van der Waals surface area contributed by atoms with E-state index in [1.165, 1.54) is 0 Å². The lowest BCUT2D eigenvalue weighted by Gasteiger charge is -2.37. The molecule has 1 unspecified atom stereocenters. The zero-order chi connectivity index (χ0) is 13.8. The molecule has 0 aromatic carbocycles. The van der Waals surface area contributed by atoms with E-state index in [2.05, 4.69) is 0 Å². The van der Waals surface area contributed by atoms with Crippen LogP contribution in [0.4, 0.5) is 4.79 Å². The van der Waals surface area contributed by atoms with Crippen molar-refractivity contribution in [2.45, 2.75) is 52.0 Å². The maximum absolute atomic E-state index is 12.4. The second-order valence-corrected chi connectivity index (χ2v) is 4.80. The van der Waals surface area contributed by atoms with Gasteiger partial charge in [-0.2, -0.15) is 0 Å². The Morgan fingerprint density at radius 1 is 1.28 bits per heavy atom. The van der Waals surface area contributed by atoms with Crippen molar-refractivity contribution < 1.29 is 14.7 Å². The molecule has 1 atom stereocenters. The smallest absolute Gasteiger partial charge is 0.329 e. The molecule has 1 aliphatic heterocycles. The van der Waals surface area contributed by atoms with Crippen LogP contribution < -0.4 is 0 Å². The first-order chi connectivity index (χ1) is 8.53. The number of hydrogen-bond acceptors (Lipinski definition) is 2. The van der Waals surface area contributed by atoms with E-state index in [1.807, 2.05) is 20.8 Å². The summed E-state index contributed by atoms with van der Waals surface area (Å²) >= 11 is 0. The number of carboxylic acids is 1. The number of hydrogen-bond donors (Lipinski definition) is 1. The van der Waals surface area contributed by atoms with E-state index in [4.69, 9.17) is 0 Å². The van der Waals surface area contributed by atoms with Gasteiger partial charge in [0.2, 0.25) is 0 Å². The van der Waals surface area contributed by atoms with Crippen LogP contribution in [0.25, 0.3) is 0 Å². The average Bonchev–Trinajstić information content (AvgIpc) is 2.76. The molecule has 1 heterocycles. The second-order valence-electron chi connectivity index (χ2n) is 4.80.